The normalized spacial score (nSPS) is 12.8. The van der Waals surface area contributed by atoms with Gasteiger partial charge in [0, 0.05) is 6.04 Å². The van der Waals surface area contributed by atoms with Gasteiger partial charge < -0.3 is 10.4 Å². The molecule has 0 aliphatic rings. The molecule has 2 nitrogen and oxygen atoms in total. The summed E-state index contributed by atoms with van der Waals surface area (Å²) in [5.74, 6) is 0. The molecule has 0 spiro atoms. The number of hydrogen-bond donors (Lipinski definition) is 2. The summed E-state index contributed by atoms with van der Waals surface area (Å²) in [4.78, 5) is 0. The van der Waals surface area contributed by atoms with Crippen LogP contribution >= 0.6 is 0 Å². The van der Waals surface area contributed by atoms with Crippen molar-refractivity contribution in [1.29, 1.82) is 0 Å². The standard InChI is InChI=1S/C16H35NO/c1-3-5-6-7-8-9-10-11-12-13-14-17-16(4-2)15-18/h16-18H,3-15H2,1-2H3. The molecule has 2 heteroatoms. The number of unbranched alkanes of at least 4 members (excludes halogenated alkanes) is 9. The molecule has 2 N–H and O–H groups in total. The number of aliphatic hydroxyl groups excluding tert-OH is 1. The summed E-state index contributed by atoms with van der Waals surface area (Å²) in [7, 11) is 0. The Morgan fingerprint density at radius 3 is 1.72 bits per heavy atom. The van der Waals surface area contributed by atoms with Gasteiger partial charge >= 0.3 is 0 Å². The first-order valence-electron chi connectivity index (χ1n) is 8.19. The van der Waals surface area contributed by atoms with E-state index in [2.05, 4.69) is 19.2 Å². The minimum Gasteiger partial charge on any atom is -0.395 e. The van der Waals surface area contributed by atoms with Crippen LogP contribution in [-0.2, 0) is 0 Å². The van der Waals surface area contributed by atoms with Gasteiger partial charge in [0.25, 0.3) is 0 Å². The molecule has 0 aromatic rings. The summed E-state index contributed by atoms with van der Waals surface area (Å²) in [5, 5.41) is 12.4. The Morgan fingerprint density at radius 2 is 1.28 bits per heavy atom. The Kier molecular flexibility index (Phi) is 14.9. The maximum atomic E-state index is 9.02. The van der Waals surface area contributed by atoms with E-state index in [-0.39, 0.29) is 6.61 Å². The van der Waals surface area contributed by atoms with Gasteiger partial charge in [-0.25, -0.2) is 0 Å². The number of nitrogens with one attached hydrogen (secondary N) is 1. The van der Waals surface area contributed by atoms with Crippen LogP contribution in [0.25, 0.3) is 0 Å². The van der Waals surface area contributed by atoms with Gasteiger partial charge in [0.05, 0.1) is 6.61 Å². The number of aliphatic hydroxyl groups is 1. The van der Waals surface area contributed by atoms with Crippen LogP contribution in [0.1, 0.15) is 84.5 Å². The van der Waals surface area contributed by atoms with Gasteiger partial charge in [0.1, 0.15) is 0 Å². The molecule has 0 aliphatic heterocycles. The lowest BCUT2D eigenvalue weighted by molar-refractivity contribution is 0.238. The highest BCUT2D eigenvalue weighted by molar-refractivity contribution is 4.62. The van der Waals surface area contributed by atoms with Gasteiger partial charge in [0.15, 0.2) is 0 Å². The topological polar surface area (TPSA) is 32.3 Å². The number of rotatable bonds is 14. The van der Waals surface area contributed by atoms with Crippen LogP contribution in [0.2, 0.25) is 0 Å². The van der Waals surface area contributed by atoms with Crippen LogP contribution in [0.3, 0.4) is 0 Å². The minimum absolute atomic E-state index is 0.272. The predicted octanol–water partition coefficient (Wildman–Crippen LogP) is 4.27. The van der Waals surface area contributed by atoms with Gasteiger partial charge in [-0.2, -0.15) is 0 Å². The molecule has 0 heterocycles. The van der Waals surface area contributed by atoms with E-state index in [4.69, 9.17) is 5.11 Å². The van der Waals surface area contributed by atoms with Crippen molar-refractivity contribution < 1.29 is 5.11 Å². The molecule has 0 saturated carbocycles. The van der Waals surface area contributed by atoms with Gasteiger partial charge in [0.2, 0.25) is 0 Å². The molecule has 0 aromatic heterocycles. The van der Waals surface area contributed by atoms with Crippen molar-refractivity contribution >= 4 is 0 Å². The minimum atomic E-state index is 0.272. The zero-order valence-corrected chi connectivity index (χ0v) is 12.7. The monoisotopic (exact) mass is 257 g/mol. The maximum Gasteiger partial charge on any atom is 0.0584 e. The Hall–Kier alpha value is -0.0800. The summed E-state index contributed by atoms with van der Waals surface area (Å²) < 4.78 is 0. The highest BCUT2D eigenvalue weighted by atomic mass is 16.3. The fourth-order valence-corrected chi connectivity index (χ4v) is 2.26. The van der Waals surface area contributed by atoms with E-state index >= 15 is 0 Å². The Morgan fingerprint density at radius 1 is 0.778 bits per heavy atom. The lowest BCUT2D eigenvalue weighted by Crippen LogP contribution is -2.32. The second kappa shape index (κ2) is 15.0. The lowest BCUT2D eigenvalue weighted by atomic mass is 10.1. The van der Waals surface area contributed by atoms with E-state index in [0.29, 0.717) is 6.04 Å². The van der Waals surface area contributed by atoms with Crippen LogP contribution in [0.4, 0.5) is 0 Å². The van der Waals surface area contributed by atoms with Crippen molar-refractivity contribution in [3.8, 4) is 0 Å². The maximum absolute atomic E-state index is 9.02. The van der Waals surface area contributed by atoms with E-state index in [0.717, 1.165) is 13.0 Å². The summed E-state index contributed by atoms with van der Waals surface area (Å²) in [6.07, 6.45) is 14.9. The highest BCUT2D eigenvalue weighted by Crippen LogP contribution is 2.10. The Balaban J connectivity index is 3.03. The van der Waals surface area contributed by atoms with Gasteiger partial charge in [-0.1, -0.05) is 71.6 Å². The molecule has 110 valence electrons. The third kappa shape index (κ3) is 12.4. The highest BCUT2D eigenvalue weighted by Gasteiger charge is 2.01. The summed E-state index contributed by atoms with van der Waals surface area (Å²) >= 11 is 0. The van der Waals surface area contributed by atoms with Crippen molar-refractivity contribution in [2.24, 2.45) is 0 Å². The molecular formula is C16H35NO. The third-order valence-corrected chi connectivity index (χ3v) is 3.68. The zero-order chi connectivity index (χ0) is 13.5. The average Bonchev–Trinajstić information content (AvgIpc) is 2.40. The first-order chi connectivity index (χ1) is 8.85. The Bertz CT molecular complexity index is 146. The predicted molar refractivity (Wildman–Crippen MR) is 81.0 cm³/mol. The lowest BCUT2D eigenvalue weighted by Gasteiger charge is -2.13. The van der Waals surface area contributed by atoms with Crippen molar-refractivity contribution in [3.63, 3.8) is 0 Å². The zero-order valence-electron chi connectivity index (χ0n) is 12.7. The molecule has 0 radical (unpaired) electrons. The molecule has 0 saturated heterocycles. The number of hydrogen-bond acceptors (Lipinski definition) is 2. The van der Waals surface area contributed by atoms with Crippen LogP contribution in [0.5, 0.6) is 0 Å². The third-order valence-electron chi connectivity index (χ3n) is 3.68. The van der Waals surface area contributed by atoms with Gasteiger partial charge in [-0.15, -0.1) is 0 Å². The fraction of sp³-hybridized carbons (Fsp3) is 1.00. The first-order valence-corrected chi connectivity index (χ1v) is 8.19. The molecule has 0 aliphatic carbocycles. The van der Waals surface area contributed by atoms with E-state index in [9.17, 15) is 0 Å². The molecule has 0 amide bonds. The van der Waals surface area contributed by atoms with Crippen LogP contribution in [-0.4, -0.2) is 24.3 Å². The average molecular weight is 257 g/mol. The quantitative estimate of drug-likeness (QED) is 0.456. The van der Waals surface area contributed by atoms with E-state index in [1.54, 1.807) is 0 Å². The smallest absolute Gasteiger partial charge is 0.0584 e. The largest absolute Gasteiger partial charge is 0.395 e. The summed E-state index contributed by atoms with van der Waals surface area (Å²) in [6.45, 7) is 5.73. The first kappa shape index (κ1) is 17.9. The molecular weight excluding hydrogens is 222 g/mol. The van der Waals surface area contributed by atoms with Crippen LogP contribution < -0.4 is 5.32 Å². The van der Waals surface area contributed by atoms with Crippen molar-refractivity contribution in [2.75, 3.05) is 13.2 Å². The fourth-order valence-electron chi connectivity index (χ4n) is 2.26. The molecule has 0 fully saturated rings. The van der Waals surface area contributed by atoms with E-state index in [1.807, 2.05) is 0 Å². The second-order valence-electron chi connectivity index (χ2n) is 5.42. The second-order valence-corrected chi connectivity index (χ2v) is 5.42. The van der Waals surface area contributed by atoms with Gasteiger partial charge in [-0.05, 0) is 19.4 Å². The summed E-state index contributed by atoms with van der Waals surface area (Å²) in [6, 6.07) is 0.309. The Labute approximate surface area is 115 Å². The van der Waals surface area contributed by atoms with Crippen LogP contribution in [0, 0.1) is 0 Å². The summed E-state index contributed by atoms with van der Waals surface area (Å²) in [5.41, 5.74) is 0. The van der Waals surface area contributed by atoms with Crippen molar-refractivity contribution in [2.45, 2.75) is 90.5 Å². The molecule has 1 atom stereocenters. The van der Waals surface area contributed by atoms with E-state index < -0.39 is 0 Å². The molecule has 0 rings (SSSR count). The molecule has 0 bridgehead atoms. The SMILES string of the molecule is CCCCCCCCCCCCNC(CC)CO. The molecule has 18 heavy (non-hydrogen) atoms. The molecule has 0 aromatic carbocycles. The van der Waals surface area contributed by atoms with Crippen molar-refractivity contribution in [1.82, 2.24) is 5.32 Å². The van der Waals surface area contributed by atoms with E-state index in [1.165, 1.54) is 64.2 Å². The van der Waals surface area contributed by atoms with Gasteiger partial charge in [-0.3, -0.25) is 0 Å². The molecule has 1 unspecified atom stereocenters. The van der Waals surface area contributed by atoms with Crippen molar-refractivity contribution in [3.05, 3.63) is 0 Å². The van der Waals surface area contributed by atoms with Crippen LogP contribution in [0.15, 0.2) is 0 Å².